The number of hydrogen-bond acceptors (Lipinski definition) is 5. The van der Waals surface area contributed by atoms with Crippen molar-refractivity contribution in [1.82, 2.24) is 30.3 Å². The third-order valence-electron chi connectivity index (χ3n) is 4.95. The molecule has 0 unspecified atom stereocenters. The van der Waals surface area contributed by atoms with Crippen molar-refractivity contribution in [3.05, 3.63) is 23.8 Å². The number of piperidine rings is 1. The maximum atomic E-state index is 5.42. The summed E-state index contributed by atoms with van der Waals surface area (Å²) in [6.45, 7) is 16.1. The number of nitrogens with zero attached hydrogens (tertiary/aromatic N) is 5. The summed E-state index contributed by atoms with van der Waals surface area (Å²) < 4.78 is 7.40. The molecule has 0 aliphatic carbocycles. The third-order valence-corrected chi connectivity index (χ3v) is 4.95. The van der Waals surface area contributed by atoms with Gasteiger partial charge in [0.1, 0.15) is 12.4 Å². The minimum atomic E-state index is 0.431. The summed E-state index contributed by atoms with van der Waals surface area (Å²) in [5.41, 5.74) is 1.23. The Kier molecular flexibility index (Phi) is 9.43. The fraction of sp³-hybridized carbons (Fsp3) is 0.750. The van der Waals surface area contributed by atoms with Gasteiger partial charge in [-0.15, -0.1) is 10.2 Å². The summed E-state index contributed by atoms with van der Waals surface area (Å²) in [7, 11) is 1.97. The first-order valence-electron chi connectivity index (χ1n) is 10.3. The van der Waals surface area contributed by atoms with Gasteiger partial charge < -0.3 is 19.9 Å². The van der Waals surface area contributed by atoms with Crippen LogP contribution in [0.1, 0.15) is 44.8 Å². The Morgan fingerprint density at radius 3 is 2.68 bits per heavy atom. The molecule has 158 valence electrons. The molecule has 0 atom stereocenters. The number of guanidine groups is 1. The summed E-state index contributed by atoms with van der Waals surface area (Å²) >= 11 is 0. The van der Waals surface area contributed by atoms with Crippen LogP contribution in [-0.4, -0.2) is 71.1 Å². The molecular weight excluding hydrogens is 354 g/mol. The molecular formula is C20H37N7O. The van der Waals surface area contributed by atoms with E-state index in [-0.39, 0.29) is 0 Å². The molecule has 0 aromatic carbocycles. The average Bonchev–Trinajstić information content (AvgIpc) is 2.98. The minimum Gasteiger partial charge on any atom is -0.382 e. The topological polar surface area (TPSA) is 79.6 Å². The normalized spacial score (nSPS) is 16.4. The van der Waals surface area contributed by atoms with Crippen LogP contribution in [0.25, 0.3) is 0 Å². The second kappa shape index (κ2) is 11.8. The maximum Gasteiger partial charge on any atom is 0.191 e. The highest BCUT2D eigenvalue weighted by Crippen LogP contribution is 2.11. The van der Waals surface area contributed by atoms with Gasteiger partial charge in [0.15, 0.2) is 11.8 Å². The van der Waals surface area contributed by atoms with Gasteiger partial charge in [0.2, 0.25) is 0 Å². The minimum absolute atomic E-state index is 0.431. The Balaban J connectivity index is 1.89. The van der Waals surface area contributed by atoms with Crippen molar-refractivity contribution in [2.45, 2.75) is 52.6 Å². The molecule has 2 heterocycles. The Bertz CT molecular complexity index is 632. The van der Waals surface area contributed by atoms with Gasteiger partial charge in [0.05, 0.1) is 0 Å². The number of ether oxygens (including phenoxy) is 1. The number of aromatic nitrogens is 3. The van der Waals surface area contributed by atoms with E-state index in [0.717, 1.165) is 76.3 Å². The van der Waals surface area contributed by atoms with Crippen LogP contribution in [-0.2, 0) is 18.3 Å². The van der Waals surface area contributed by atoms with E-state index in [0.29, 0.717) is 12.6 Å². The van der Waals surface area contributed by atoms with Crippen molar-refractivity contribution in [2.24, 2.45) is 12.0 Å². The predicted octanol–water partition coefficient (Wildman–Crippen LogP) is 1.63. The van der Waals surface area contributed by atoms with Gasteiger partial charge >= 0.3 is 0 Å². The van der Waals surface area contributed by atoms with Gasteiger partial charge in [-0.25, -0.2) is 4.99 Å². The molecule has 0 radical (unpaired) electrons. The lowest BCUT2D eigenvalue weighted by Crippen LogP contribution is -2.49. The van der Waals surface area contributed by atoms with Crippen molar-refractivity contribution < 1.29 is 4.74 Å². The highest BCUT2D eigenvalue weighted by Gasteiger charge is 2.20. The fourth-order valence-corrected chi connectivity index (χ4v) is 3.23. The van der Waals surface area contributed by atoms with E-state index in [1.54, 1.807) is 0 Å². The van der Waals surface area contributed by atoms with Crippen molar-refractivity contribution in [2.75, 3.05) is 39.4 Å². The van der Waals surface area contributed by atoms with E-state index in [1.807, 2.05) is 25.5 Å². The molecule has 0 amide bonds. The summed E-state index contributed by atoms with van der Waals surface area (Å²) in [5.74, 6) is 2.61. The molecule has 1 saturated heterocycles. The summed E-state index contributed by atoms with van der Waals surface area (Å²) in [6, 6.07) is 0.431. The molecule has 1 aliphatic rings. The lowest BCUT2D eigenvalue weighted by atomic mass is 10.0. The fourth-order valence-electron chi connectivity index (χ4n) is 3.23. The van der Waals surface area contributed by atoms with Crippen LogP contribution in [0.4, 0.5) is 0 Å². The highest BCUT2D eigenvalue weighted by molar-refractivity contribution is 5.80. The van der Waals surface area contributed by atoms with E-state index < -0.39 is 0 Å². The van der Waals surface area contributed by atoms with Crippen molar-refractivity contribution in [3.63, 3.8) is 0 Å². The number of hydrogen-bond donors (Lipinski definition) is 2. The first-order valence-corrected chi connectivity index (χ1v) is 10.3. The largest absolute Gasteiger partial charge is 0.382 e. The van der Waals surface area contributed by atoms with Crippen LogP contribution in [0.5, 0.6) is 0 Å². The van der Waals surface area contributed by atoms with E-state index in [4.69, 9.17) is 9.73 Å². The van der Waals surface area contributed by atoms with E-state index in [9.17, 15) is 0 Å². The monoisotopic (exact) mass is 391 g/mol. The molecule has 1 aliphatic heterocycles. The zero-order valence-electron chi connectivity index (χ0n) is 18.0. The number of aryl methyl sites for hydroxylation is 1. The molecule has 8 heteroatoms. The van der Waals surface area contributed by atoms with E-state index >= 15 is 0 Å². The SMILES string of the molecule is C=C(C)CN1CCC(NC(=NCc2nnc(C)n2C)NCCCOCC)CC1. The second-order valence-electron chi connectivity index (χ2n) is 7.52. The van der Waals surface area contributed by atoms with Crippen molar-refractivity contribution >= 4 is 5.96 Å². The number of likely N-dealkylation sites (tertiary alicyclic amines) is 1. The molecule has 0 bridgehead atoms. The van der Waals surface area contributed by atoms with Gasteiger partial charge in [-0.3, -0.25) is 4.90 Å². The second-order valence-corrected chi connectivity index (χ2v) is 7.52. The average molecular weight is 392 g/mol. The van der Waals surface area contributed by atoms with E-state index in [1.165, 1.54) is 5.57 Å². The lowest BCUT2D eigenvalue weighted by Gasteiger charge is -2.33. The summed E-state index contributed by atoms with van der Waals surface area (Å²) in [4.78, 5) is 7.22. The van der Waals surface area contributed by atoms with Crippen LogP contribution in [0.3, 0.4) is 0 Å². The first kappa shape index (κ1) is 22.4. The standard InChI is InChI=1S/C20H37N7O/c1-6-28-13-7-10-21-20(22-14-19-25-24-17(4)26(19)5)23-18-8-11-27(12-9-18)15-16(2)3/h18H,2,6-15H2,1,3-5H3,(H2,21,22,23). The lowest BCUT2D eigenvalue weighted by molar-refractivity contribution is 0.145. The van der Waals surface area contributed by atoms with Gasteiger partial charge in [-0.1, -0.05) is 12.2 Å². The molecule has 0 saturated carbocycles. The molecule has 2 rings (SSSR count). The van der Waals surface area contributed by atoms with Crippen LogP contribution in [0.15, 0.2) is 17.1 Å². The molecule has 2 N–H and O–H groups in total. The van der Waals surface area contributed by atoms with Crippen LogP contribution in [0, 0.1) is 6.92 Å². The number of aliphatic imine (C=N–C) groups is 1. The Morgan fingerprint density at radius 2 is 2.07 bits per heavy atom. The van der Waals surface area contributed by atoms with E-state index in [2.05, 4.69) is 39.2 Å². The number of rotatable bonds is 10. The van der Waals surface area contributed by atoms with Gasteiger partial charge in [-0.2, -0.15) is 0 Å². The van der Waals surface area contributed by atoms with Gasteiger partial charge in [-0.05, 0) is 40.0 Å². The molecule has 1 aromatic heterocycles. The predicted molar refractivity (Wildman–Crippen MR) is 113 cm³/mol. The smallest absolute Gasteiger partial charge is 0.191 e. The van der Waals surface area contributed by atoms with Gasteiger partial charge in [0.25, 0.3) is 0 Å². The zero-order valence-corrected chi connectivity index (χ0v) is 18.0. The molecule has 1 aromatic rings. The Labute approximate surface area is 169 Å². The highest BCUT2D eigenvalue weighted by atomic mass is 16.5. The first-order chi connectivity index (χ1) is 13.5. The quantitative estimate of drug-likeness (QED) is 0.273. The van der Waals surface area contributed by atoms with Crippen LogP contribution in [0.2, 0.25) is 0 Å². The van der Waals surface area contributed by atoms with Gasteiger partial charge in [0, 0.05) is 52.5 Å². The van der Waals surface area contributed by atoms with Crippen LogP contribution < -0.4 is 10.6 Å². The third kappa shape index (κ3) is 7.59. The maximum absolute atomic E-state index is 5.42. The zero-order chi connectivity index (χ0) is 20.4. The Morgan fingerprint density at radius 1 is 1.32 bits per heavy atom. The van der Waals surface area contributed by atoms with Crippen LogP contribution >= 0.6 is 0 Å². The molecule has 0 spiro atoms. The summed E-state index contributed by atoms with van der Waals surface area (Å²) in [6.07, 6.45) is 3.17. The summed E-state index contributed by atoms with van der Waals surface area (Å²) in [5, 5.41) is 15.4. The van der Waals surface area contributed by atoms with Crippen molar-refractivity contribution in [1.29, 1.82) is 0 Å². The molecule has 1 fully saturated rings. The molecule has 8 nitrogen and oxygen atoms in total. The number of nitrogens with one attached hydrogen (secondary N) is 2. The van der Waals surface area contributed by atoms with Crippen molar-refractivity contribution in [3.8, 4) is 0 Å². The Hall–Kier alpha value is -1.93. The molecule has 28 heavy (non-hydrogen) atoms.